The van der Waals surface area contributed by atoms with Crippen LogP contribution in [0.25, 0.3) is 11.1 Å². The topological polar surface area (TPSA) is 39.2 Å². The summed E-state index contributed by atoms with van der Waals surface area (Å²) in [5.74, 6) is 0.138. The molecule has 4 heteroatoms. The summed E-state index contributed by atoms with van der Waals surface area (Å²) in [5.41, 5.74) is 3.24. The average molecular weight is 276 g/mol. The van der Waals surface area contributed by atoms with Gasteiger partial charge in [0, 0.05) is 23.8 Å². The maximum Gasteiger partial charge on any atom is 0.338 e. The summed E-state index contributed by atoms with van der Waals surface area (Å²) in [6, 6.07) is 9.40. The minimum Gasteiger partial charge on any atom is -0.462 e. The zero-order valence-electron chi connectivity index (χ0n) is 10.6. The average Bonchev–Trinajstić information content (AvgIpc) is 2.47. The second-order valence-electron chi connectivity index (χ2n) is 3.97. The van der Waals surface area contributed by atoms with Gasteiger partial charge < -0.3 is 4.74 Å². The fourth-order valence-corrected chi connectivity index (χ4v) is 1.96. The van der Waals surface area contributed by atoms with Crippen LogP contribution in [0, 0.1) is 0 Å². The van der Waals surface area contributed by atoms with E-state index in [0.29, 0.717) is 18.1 Å². The van der Waals surface area contributed by atoms with Crippen molar-refractivity contribution in [3.8, 4) is 11.1 Å². The number of benzene rings is 1. The summed E-state index contributed by atoms with van der Waals surface area (Å²) in [6.45, 7) is 2.14. The summed E-state index contributed by atoms with van der Waals surface area (Å²) in [7, 11) is 0. The third-order valence-electron chi connectivity index (χ3n) is 2.74. The van der Waals surface area contributed by atoms with E-state index in [1.807, 2.05) is 24.3 Å². The molecular weight excluding hydrogens is 262 g/mol. The number of alkyl halides is 1. The van der Waals surface area contributed by atoms with Gasteiger partial charge in [0.2, 0.25) is 0 Å². The van der Waals surface area contributed by atoms with Crippen LogP contribution in [-0.4, -0.2) is 17.6 Å². The Morgan fingerprint density at radius 1 is 1.26 bits per heavy atom. The first-order valence-corrected chi connectivity index (χ1v) is 6.56. The number of pyridine rings is 1. The highest BCUT2D eigenvalue weighted by molar-refractivity contribution is 6.17. The van der Waals surface area contributed by atoms with Crippen LogP contribution in [-0.2, 0) is 10.6 Å². The molecule has 0 aliphatic heterocycles. The molecular formula is C15H14ClNO2. The Labute approximate surface area is 117 Å². The van der Waals surface area contributed by atoms with Gasteiger partial charge in [-0.1, -0.05) is 24.3 Å². The molecule has 2 rings (SSSR count). The number of nitrogens with zero attached hydrogens (tertiary/aromatic N) is 1. The summed E-state index contributed by atoms with van der Waals surface area (Å²) in [6.07, 6.45) is 3.25. The van der Waals surface area contributed by atoms with Gasteiger partial charge in [0.05, 0.1) is 12.2 Å². The lowest BCUT2D eigenvalue weighted by molar-refractivity contribution is 0.0527. The zero-order chi connectivity index (χ0) is 13.7. The first-order valence-electron chi connectivity index (χ1n) is 6.02. The summed E-state index contributed by atoms with van der Waals surface area (Å²) in [4.78, 5) is 16.0. The van der Waals surface area contributed by atoms with Crippen molar-refractivity contribution in [2.75, 3.05) is 6.61 Å². The Bertz CT molecular complexity index is 567. The molecule has 19 heavy (non-hydrogen) atoms. The number of esters is 1. The lowest BCUT2D eigenvalue weighted by atomic mass is 10.0. The quantitative estimate of drug-likeness (QED) is 0.631. The van der Waals surface area contributed by atoms with Crippen molar-refractivity contribution in [2.24, 2.45) is 0 Å². The van der Waals surface area contributed by atoms with Crippen LogP contribution in [0.5, 0.6) is 0 Å². The number of carbonyl (C=O) groups is 1. The third-order valence-corrected chi connectivity index (χ3v) is 3.04. The number of rotatable bonds is 4. The molecule has 1 aromatic heterocycles. The molecule has 3 nitrogen and oxygen atoms in total. The molecule has 0 unspecified atom stereocenters. The highest BCUT2D eigenvalue weighted by atomic mass is 35.5. The number of hydrogen-bond donors (Lipinski definition) is 0. The molecule has 0 saturated heterocycles. The number of halogens is 1. The van der Waals surface area contributed by atoms with Gasteiger partial charge in [-0.15, -0.1) is 11.6 Å². The fourth-order valence-electron chi connectivity index (χ4n) is 1.78. The minimum absolute atomic E-state index is 0.332. The van der Waals surface area contributed by atoms with Gasteiger partial charge in [0.15, 0.2) is 0 Å². The van der Waals surface area contributed by atoms with Gasteiger partial charge in [0.1, 0.15) is 0 Å². The molecule has 0 spiro atoms. The second-order valence-corrected chi connectivity index (χ2v) is 4.24. The number of aromatic nitrogens is 1. The van der Waals surface area contributed by atoms with Crippen molar-refractivity contribution >= 4 is 17.6 Å². The molecule has 0 saturated carbocycles. The third kappa shape index (κ3) is 3.12. The lowest BCUT2D eigenvalue weighted by Crippen LogP contribution is -2.06. The van der Waals surface area contributed by atoms with Crippen LogP contribution in [0.1, 0.15) is 22.8 Å². The van der Waals surface area contributed by atoms with E-state index in [1.165, 1.54) is 0 Å². The highest BCUT2D eigenvalue weighted by Crippen LogP contribution is 2.24. The van der Waals surface area contributed by atoms with Gasteiger partial charge in [0.25, 0.3) is 0 Å². The van der Waals surface area contributed by atoms with Crippen molar-refractivity contribution in [3.05, 3.63) is 53.9 Å². The van der Waals surface area contributed by atoms with Crippen LogP contribution in [0.4, 0.5) is 0 Å². The number of ether oxygens (including phenoxy) is 1. The molecule has 0 bridgehead atoms. The summed E-state index contributed by atoms with van der Waals surface area (Å²) < 4.78 is 5.05. The fraction of sp³-hybridized carbons (Fsp3) is 0.200. The molecule has 98 valence electrons. The molecule has 0 amide bonds. The van der Waals surface area contributed by atoms with Gasteiger partial charge in [-0.05, 0) is 24.1 Å². The molecule has 2 aromatic rings. The summed E-state index contributed by atoms with van der Waals surface area (Å²) >= 11 is 5.76. The Morgan fingerprint density at radius 2 is 2.00 bits per heavy atom. The van der Waals surface area contributed by atoms with Crippen LogP contribution in [0.15, 0.2) is 42.7 Å². The number of hydrogen-bond acceptors (Lipinski definition) is 3. The van der Waals surface area contributed by atoms with Gasteiger partial charge in [-0.2, -0.15) is 0 Å². The number of carbonyl (C=O) groups excluding carboxylic acids is 1. The maximum absolute atomic E-state index is 11.9. The monoisotopic (exact) mass is 275 g/mol. The van der Waals surface area contributed by atoms with Crippen molar-refractivity contribution in [2.45, 2.75) is 12.8 Å². The van der Waals surface area contributed by atoms with E-state index in [1.54, 1.807) is 25.4 Å². The SMILES string of the molecule is CCOC(=O)c1ccncc1-c1ccc(CCl)cc1. The Morgan fingerprint density at radius 3 is 2.63 bits per heavy atom. The van der Waals surface area contributed by atoms with Gasteiger partial charge in [-0.25, -0.2) is 4.79 Å². The predicted molar refractivity (Wildman–Crippen MR) is 75.2 cm³/mol. The van der Waals surface area contributed by atoms with Crippen LogP contribution in [0.3, 0.4) is 0 Å². The van der Waals surface area contributed by atoms with Crippen LogP contribution < -0.4 is 0 Å². The van der Waals surface area contributed by atoms with Gasteiger partial charge >= 0.3 is 5.97 Å². The Balaban J connectivity index is 2.40. The molecule has 1 heterocycles. The first-order chi connectivity index (χ1) is 9.26. The van der Waals surface area contributed by atoms with E-state index in [0.717, 1.165) is 16.7 Å². The molecule has 1 aromatic carbocycles. The second kappa shape index (κ2) is 6.34. The van der Waals surface area contributed by atoms with Crippen molar-refractivity contribution in [3.63, 3.8) is 0 Å². The van der Waals surface area contributed by atoms with E-state index in [9.17, 15) is 4.79 Å². The Kier molecular flexibility index (Phi) is 4.53. The highest BCUT2D eigenvalue weighted by Gasteiger charge is 2.13. The van der Waals surface area contributed by atoms with E-state index in [-0.39, 0.29) is 5.97 Å². The predicted octanol–water partition coefficient (Wildman–Crippen LogP) is 3.66. The van der Waals surface area contributed by atoms with Crippen molar-refractivity contribution < 1.29 is 9.53 Å². The molecule has 0 N–H and O–H groups in total. The smallest absolute Gasteiger partial charge is 0.338 e. The standard InChI is InChI=1S/C15H14ClNO2/c1-2-19-15(18)13-7-8-17-10-14(13)12-5-3-11(9-16)4-6-12/h3-8,10H,2,9H2,1H3. The van der Waals surface area contributed by atoms with Crippen LogP contribution in [0.2, 0.25) is 0 Å². The van der Waals surface area contributed by atoms with E-state index >= 15 is 0 Å². The molecule has 0 fully saturated rings. The molecule has 0 aliphatic carbocycles. The van der Waals surface area contributed by atoms with E-state index in [2.05, 4.69) is 4.98 Å². The molecule has 0 atom stereocenters. The first kappa shape index (κ1) is 13.6. The van der Waals surface area contributed by atoms with Gasteiger partial charge in [-0.3, -0.25) is 4.98 Å². The zero-order valence-corrected chi connectivity index (χ0v) is 11.4. The van der Waals surface area contributed by atoms with E-state index in [4.69, 9.17) is 16.3 Å². The molecule has 0 aliphatic rings. The summed E-state index contributed by atoms with van der Waals surface area (Å²) in [5, 5.41) is 0. The van der Waals surface area contributed by atoms with Crippen molar-refractivity contribution in [1.82, 2.24) is 4.98 Å². The largest absolute Gasteiger partial charge is 0.462 e. The lowest BCUT2D eigenvalue weighted by Gasteiger charge is -2.08. The molecule has 0 radical (unpaired) electrons. The van der Waals surface area contributed by atoms with Crippen molar-refractivity contribution in [1.29, 1.82) is 0 Å². The maximum atomic E-state index is 11.9. The van der Waals surface area contributed by atoms with Crippen LogP contribution >= 0.6 is 11.6 Å². The Hall–Kier alpha value is -1.87. The minimum atomic E-state index is -0.332. The van der Waals surface area contributed by atoms with E-state index < -0.39 is 0 Å². The normalized spacial score (nSPS) is 10.2.